The monoisotopic (exact) mass is 246 g/mol. The van der Waals surface area contributed by atoms with Gasteiger partial charge in [0.2, 0.25) is 0 Å². The SMILES string of the molecule is O=C(O)c1cnncc1CSc1ccccc1. The Kier molecular flexibility index (Phi) is 3.72. The van der Waals surface area contributed by atoms with Crippen molar-refractivity contribution in [2.24, 2.45) is 0 Å². The minimum Gasteiger partial charge on any atom is -0.478 e. The molecule has 5 heteroatoms. The molecule has 1 aromatic carbocycles. The third-order valence-corrected chi connectivity index (χ3v) is 3.24. The number of benzene rings is 1. The lowest BCUT2D eigenvalue weighted by molar-refractivity contribution is 0.0695. The first-order chi connectivity index (χ1) is 8.27. The molecule has 0 fully saturated rings. The summed E-state index contributed by atoms with van der Waals surface area (Å²) in [7, 11) is 0. The van der Waals surface area contributed by atoms with Gasteiger partial charge in [-0.05, 0) is 17.7 Å². The standard InChI is InChI=1S/C12H10N2O2S/c15-12(16)11-7-14-13-6-9(11)8-17-10-4-2-1-3-5-10/h1-7H,8H2,(H,15,16). The summed E-state index contributed by atoms with van der Waals surface area (Å²) in [6.07, 6.45) is 2.78. The summed E-state index contributed by atoms with van der Waals surface area (Å²) in [6.45, 7) is 0. The highest BCUT2D eigenvalue weighted by molar-refractivity contribution is 7.98. The van der Waals surface area contributed by atoms with Crippen molar-refractivity contribution in [3.05, 3.63) is 53.9 Å². The Balaban J connectivity index is 2.12. The maximum absolute atomic E-state index is 11.0. The Hall–Kier alpha value is -1.88. The van der Waals surface area contributed by atoms with Crippen LogP contribution in [0, 0.1) is 0 Å². The summed E-state index contributed by atoms with van der Waals surface area (Å²) in [6, 6.07) is 9.82. The van der Waals surface area contributed by atoms with E-state index in [0.29, 0.717) is 11.3 Å². The van der Waals surface area contributed by atoms with E-state index >= 15 is 0 Å². The molecule has 17 heavy (non-hydrogen) atoms. The molecule has 1 aromatic heterocycles. The lowest BCUT2D eigenvalue weighted by Gasteiger charge is -2.04. The molecule has 0 unspecified atom stereocenters. The lowest BCUT2D eigenvalue weighted by Crippen LogP contribution is -2.03. The number of aromatic carboxylic acids is 1. The number of aromatic nitrogens is 2. The van der Waals surface area contributed by atoms with Gasteiger partial charge < -0.3 is 5.11 Å². The molecule has 0 bridgehead atoms. The van der Waals surface area contributed by atoms with Crippen LogP contribution in [0.4, 0.5) is 0 Å². The normalized spacial score (nSPS) is 10.1. The van der Waals surface area contributed by atoms with Gasteiger partial charge in [-0.2, -0.15) is 10.2 Å². The van der Waals surface area contributed by atoms with Gasteiger partial charge >= 0.3 is 5.97 Å². The fourth-order valence-corrected chi connectivity index (χ4v) is 2.23. The lowest BCUT2D eigenvalue weighted by atomic mass is 10.2. The molecule has 2 rings (SSSR count). The first kappa shape index (κ1) is 11.6. The van der Waals surface area contributed by atoms with Crippen molar-refractivity contribution in [3.8, 4) is 0 Å². The predicted molar refractivity (Wildman–Crippen MR) is 65.0 cm³/mol. The second-order valence-electron chi connectivity index (χ2n) is 3.33. The van der Waals surface area contributed by atoms with Crippen LogP contribution in [0.2, 0.25) is 0 Å². The van der Waals surface area contributed by atoms with Gasteiger partial charge in [-0.3, -0.25) is 0 Å². The summed E-state index contributed by atoms with van der Waals surface area (Å²) in [4.78, 5) is 12.1. The summed E-state index contributed by atoms with van der Waals surface area (Å²) < 4.78 is 0. The Labute approximate surface area is 103 Å². The van der Waals surface area contributed by atoms with Gasteiger partial charge in [-0.25, -0.2) is 4.79 Å². The molecule has 0 saturated carbocycles. The number of hydrogen-bond acceptors (Lipinski definition) is 4. The molecule has 0 aliphatic heterocycles. The average molecular weight is 246 g/mol. The highest BCUT2D eigenvalue weighted by Gasteiger charge is 2.10. The van der Waals surface area contributed by atoms with E-state index in [1.807, 2.05) is 30.3 Å². The van der Waals surface area contributed by atoms with E-state index < -0.39 is 5.97 Å². The third-order valence-electron chi connectivity index (χ3n) is 2.18. The number of carbonyl (C=O) groups is 1. The van der Waals surface area contributed by atoms with E-state index in [2.05, 4.69) is 10.2 Å². The molecular weight excluding hydrogens is 236 g/mol. The van der Waals surface area contributed by atoms with E-state index in [4.69, 9.17) is 5.11 Å². The van der Waals surface area contributed by atoms with Crippen molar-refractivity contribution < 1.29 is 9.90 Å². The topological polar surface area (TPSA) is 63.1 Å². The Morgan fingerprint density at radius 2 is 1.88 bits per heavy atom. The maximum Gasteiger partial charge on any atom is 0.337 e. The zero-order chi connectivity index (χ0) is 12.1. The molecule has 1 heterocycles. The Morgan fingerprint density at radius 1 is 1.18 bits per heavy atom. The quantitative estimate of drug-likeness (QED) is 0.839. The van der Waals surface area contributed by atoms with Crippen molar-refractivity contribution in [2.75, 3.05) is 0 Å². The zero-order valence-electron chi connectivity index (χ0n) is 8.91. The van der Waals surface area contributed by atoms with Crippen LogP contribution in [-0.2, 0) is 5.75 Å². The van der Waals surface area contributed by atoms with E-state index in [1.165, 1.54) is 12.4 Å². The van der Waals surface area contributed by atoms with Crippen LogP contribution in [0.1, 0.15) is 15.9 Å². The maximum atomic E-state index is 11.0. The van der Waals surface area contributed by atoms with Gasteiger partial charge in [0.15, 0.2) is 0 Å². The molecule has 0 spiro atoms. The fourth-order valence-electron chi connectivity index (χ4n) is 1.33. The van der Waals surface area contributed by atoms with Gasteiger partial charge in [0.05, 0.1) is 18.0 Å². The molecule has 2 aromatic rings. The number of nitrogens with zero attached hydrogens (tertiary/aromatic N) is 2. The average Bonchev–Trinajstić information content (AvgIpc) is 2.38. The van der Waals surface area contributed by atoms with Crippen molar-refractivity contribution in [1.82, 2.24) is 10.2 Å². The van der Waals surface area contributed by atoms with Gasteiger partial charge in [0.25, 0.3) is 0 Å². The van der Waals surface area contributed by atoms with Crippen LogP contribution in [0.3, 0.4) is 0 Å². The highest BCUT2D eigenvalue weighted by atomic mass is 32.2. The number of hydrogen-bond donors (Lipinski definition) is 1. The molecule has 0 atom stereocenters. The molecule has 0 saturated heterocycles. The number of carboxylic acid groups (broad SMARTS) is 1. The molecule has 4 nitrogen and oxygen atoms in total. The minimum atomic E-state index is -0.969. The second-order valence-corrected chi connectivity index (χ2v) is 4.38. The van der Waals surface area contributed by atoms with E-state index in [0.717, 1.165) is 4.90 Å². The van der Waals surface area contributed by atoms with Crippen molar-refractivity contribution >= 4 is 17.7 Å². The molecule has 1 N–H and O–H groups in total. The summed E-state index contributed by atoms with van der Waals surface area (Å²) in [5.41, 5.74) is 0.893. The molecular formula is C12H10N2O2S. The van der Waals surface area contributed by atoms with E-state index in [-0.39, 0.29) is 5.56 Å². The smallest absolute Gasteiger partial charge is 0.337 e. The Morgan fingerprint density at radius 3 is 2.59 bits per heavy atom. The van der Waals surface area contributed by atoms with Gasteiger partial charge in [0, 0.05) is 10.6 Å². The summed E-state index contributed by atoms with van der Waals surface area (Å²) in [5, 5.41) is 16.3. The molecule has 0 aliphatic rings. The molecule has 0 amide bonds. The van der Waals surface area contributed by atoms with Crippen LogP contribution < -0.4 is 0 Å². The number of carboxylic acids is 1. The number of rotatable bonds is 4. The highest BCUT2D eigenvalue weighted by Crippen LogP contribution is 2.23. The zero-order valence-corrected chi connectivity index (χ0v) is 9.72. The fraction of sp³-hybridized carbons (Fsp3) is 0.0833. The van der Waals surface area contributed by atoms with Gasteiger partial charge in [-0.1, -0.05) is 18.2 Å². The van der Waals surface area contributed by atoms with Crippen LogP contribution in [-0.4, -0.2) is 21.3 Å². The van der Waals surface area contributed by atoms with Crippen molar-refractivity contribution in [1.29, 1.82) is 0 Å². The second kappa shape index (κ2) is 5.45. The van der Waals surface area contributed by atoms with Crippen LogP contribution in [0.25, 0.3) is 0 Å². The molecule has 0 aliphatic carbocycles. The Bertz CT molecular complexity index is 517. The largest absolute Gasteiger partial charge is 0.478 e. The summed E-state index contributed by atoms with van der Waals surface area (Å²) in [5.74, 6) is -0.398. The summed E-state index contributed by atoms with van der Waals surface area (Å²) >= 11 is 1.57. The third kappa shape index (κ3) is 3.04. The van der Waals surface area contributed by atoms with Crippen LogP contribution >= 0.6 is 11.8 Å². The van der Waals surface area contributed by atoms with Crippen molar-refractivity contribution in [3.63, 3.8) is 0 Å². The van der Waals surface area contributed by atoms with E-state index in [9.17, 15) is 4.79 Å². The van der Waals surface area contributed by atoms with Gasteiger partial charge in [-0.15, -0.1) is 11.8 Å². The van der Waals surface area contributed by atoms with E-state index in [1.54, 1.807) is 11.8 Å². The van der Waals surface area contributed by atoms with Crippen molar-refractivity contribution in [2.45, 2.75) is 10.6 Å². The first-order valence-electron chi connectivity index (χ1n) is 4.98. The van der Waals surface area contributed by atoms with Crippen LogP contribution in [0.15, 0.2) is 47.6 Å². The van der Waals surface area contributed by atoms with Crippen LogP contribution in [0.5, 0.6) is 0 Å². The first-order valence-corrected chi connectivity index (χ1v) is 5.96. The predicted octanol–water partition coefficient (Wildman–Crippen LogP) is 2.47. The van der Waals surface area contributed by atoms with Gasteiger partial charge in [0.1, 0.15) is 0 Å². The number of thioether (sulfide) groups is 1. The molecule has 0 radical (unpaired) electrons. The molecule has 86 valence electrons. The minimum absolute atomic E-state index is 0.212.